The van der Waals surface area contributed by atoms with Crippen LogP contribution in [0.15, 0.2) is 12.7 Å². The van der Waals surface area contributed by atoms with E-state index in [0.29, 0.717) is 6.42 Å². The standard InChI is InChI=1S/C13H22O2Si/c1-5-12(16(2,3)4)13(10-14)9-7-6-8-11(13)15/h5,10,12H,1,6-9H2,2-4H3/t12-,13-/m0/s1. The Bertz CT molecular complexity index is 304. The zero-order valence-corrected chi connectivity index (χ0v) is 11.6. The molecule has 0 aromatic rings. The Morgan fingerprint density at radius 2 is 2.00 bits per heavy atom. The highest BCUT2D eigenvalue weighted by Gasteiger charge is 2.49. The number of ketones is 1. The fourth-order valence-corrected chi connectivity index (χ4v) is 5.56. The number of hydrogen-bond acceptors (Lipinski definition) is 2. The van der Waals surface area contributed by atoms with Gasteiger partial charge in [0.1, 0.15) is 12.1 Å². The highest BCUT2D eigenvalue weighted by Crippen LogP contribution is 2.47. The molecule has 0 N–H and O–H groups in total. The van der Waals surface area contributed by atoms with Gasteiger partial charge in [-0.3, -0.25) is 4.79 Å². The highest BCUT2D eigenvalue weighted by molar-refractivity contribution is 6.78. The second-order valence-corrected chi connectivity index (χ2v) is 11.2. The predicted octanol–water partition coefficient (Wildman–Crippen LogP) is 3.21. The van der Waals surface area contributed by atoms with Crippen LogP contribution in [0.5, 0.6) is 0 Å². The number of carbonyl (C=O) groups is 2. The van der Waals surface area contributed by atoms with Crippen molar-refractivity contribution < 1.29 is 9.59 Å². The van der Waals surface area contributed by atoms with Gasteiger partial charge in [-0.15, -0.1) is 6.58 Å². The molecule has 0 saturated heterocycles. The van der Waals surface area contributed by atoms with Crippen molar-refractivity contribution in [2.75, 3.05) is 0 Å². The Labute approximate surface area is 99.1 Å². The maximum Gasteiger partial charge on any atom is 0.146 e. The zero-order chi connectivity index (χ0) is 12.4. The first kappa shape index (κ1) is 13.4. The molecule has 2 nitrogen and oxygen atoms in total. The van der Waals surface area contributed by atoms with Crippen molar-refractivity contribution in [1.29, 1.82) is 0 Å². The molecule has 1 saturated carbocycles. The molecule has 0 bridgehead atoms. The van der Waals surface area contributed by atoms with E-state index in [1.165, 1.54) is 0 Å². The maximum absolute atomic E-state index is 12.1. The summed E-state index contributed by atoms with van der Waals surface area (Å²) in [5, 5.41) is 0. The third kappa shape index (κ3) is 2.19. The summed E-state index contributed by atoms with van der Waals surface area (Å²) in [5.74, 6) is 0.140. The van der Waals surface area contributed by atoms with Crippen molar-refractivity contribution in [2.45, 2.75) is 50.9 Å². The predicted molar refractivity (Wildman–Crippen MR) is 69.3 cm³/mol. The van der Waals surface area contributed by atoms with E-state index >= 15 is 0 Å². The maximum atomic E-state index is 12.1. The average Bonchev–Trinajstić information content (AvgIpc) is 2.20. The van der Waals surface area contributed by atoms with Crippen LogP contribution >= 0.6 is 0 Å². The largest absolute Gasteiger partial charge is 0.302 e. The van der Waals surface area contributed by atoms with Crippen LogP contribution in [0.1, 0.15) is 25.7 Å². The van der Waals surface area contributed by atoms with E-state index in [-0.39, 0.29) is 11.3 Å². The lowest BCUT2D eigenvalue weighted by Crippen LogP contribution is -2.47. The average molecular weight is 238 g/mol. The molecule has 0 radical (unpaired) electrons. The van der Waals surface area contributed by atoms with Crippen LogP contribution in [0.2, 0.25) is 25.2 Å². The molecule has 16 heavy (non-hydrogen) atoms. The number of rotatable bonds is 4. The van der Waals surface area contributed by atoms with Crippen LogP contribution in [0, 0.1) is 5.41 Å². The van der Waals surface area contributed by atoms with Gasteiger partial charge in [-0.2, -0.15) is 0 Å². The number of Topliss-reactive ketones (excluding diaryl/α,β-unsaturated/α-hetero) is 1. The van der Waals surface area contributed by atoms with Crippen molar-refractivity contribution in [2.24, 2.45) is 5.41 Å². The van der Waals surface area contributed by atoms with Gasteiger partial charge in [0.05, 0.1) is 13.5 Å². The van der Waals surface area contributed by atoms with E-state index in [2.05, 4.69) is 26.2 Å². The van der Waals surface area contributed by atoms with Gasteiger partial charge < -0.3 is 4.79 Å². The topological polar surface area (TPSA) is 34.1 Å². The minimum atomic E-state index is -1.58. The van der Waals surface area contributed by atoms with Crippen LogP contribution in [-0.2, 0) is 9.59 Å². The van der Waals surface area contributed by atoms with Gasteiger partial charge in [0.15, 0.2) is 0 Å². The smallest absolute Gasteiger partial charge is 0.146 e. The van der Waals surface area contributed by atoms with Gasteiger partial charge in [0, 0.05) is 6.42 Å². The number of allylic oxidation sites excluding steroid dienone is 1. The van der Waals surface area contributed by atoms with E-state index < -0.39 is 13.5 Å². The second-order valence-electron chi connectivity index (χ2n) is 5.87. The molecule has 1 rings (SSSR count). The van der Waals surface area contributed by atoms with Gasteiger partial charge in [-0.25, -0.2) is 0 Å². The van der Waals surface area contributed by atoms with Crippen LogP contribution in [0.25, 0.3) is 0 Å². The number of aldehydes is 1. The van der Waals surface area contributed by atoms with Crippen molar-refractivity contribution in [3.05, 3.63) is 12.7 Å². The van der Waals surface area contributed by atoms with Gasteiger partial charge in [-0.1, -0.05) is 32.1 Å². The quantitative estimate of drug-likeness (QED) is 0.326. The molecule has 0 spiro atoms. The summed E-state index contributed by atoms with van der Waals surface area (Å²) in [4.78, 5) is 23.6. The molecule has 1 aliphatic rings. The molecule has 2 atom stereocenters. The fraction of sp³-hybridized carbons (Fsp3) is 0.692. The molecule has 0 amide bonds. The highest BCUT2D eigenvalue weighted by atomic mass is 28.3. The van der Waals surface area contributed by atoms with Gasteiger partial charge in [-0.05, 0) is 18.4 Å². The molecule has 0 aliphatic heterocycles. The van der Waals surface area contributed by atoms with E-state index in [1.807, 2.05) is 6.08 Å². The first-order chi connectivity index (χ1) is 7.38. The van der Waals surface area contributed by atoms with Crippen LogP contribution in [0.3, 0.4) is 0 Å². The Kier molecular flexibility index (Phi) is 3.89. The monoisotopic (exact) mass is 238 g/mol. The first-order valence-electron chi connectivity index (χ1n) is 6.00. The van der Waals surface area contributed by atoms with E-state index in [9.17, 15) is 9.59 Å². The minimum absolute atomic E-state index is 0.0744. The molecule has 3 heteroatoms. The van der Waals surface area contributed by atoms with Crippen molar-refractivity contribution in [3.8, 4) is 0 Å². The summed E-state index contributed by atoms with van der Waals surface area (Å²) in [6.07, 6.45) is 5.97. The van der Waals surface area contributed by atoms with Crippen LogP contribution in [-0.4, -0.2) is 20.1 Å². The summed E-state index contributed by atoms with van der Waals surface area (Å²) < 4.78 is 0. The SMILES string of the molecule is C=C[C@@H]([C@]1(C=O)CCCCC1=O)[Si](C)(C)C. The Hall–Kier alpha value is -0.703. The molecular formula is C13H22O2Si. The lowest BCUT2D eigenvalue weighted by Gasteiger charge is -2.42. The number of carbonyl (C=O) groups excluding carboxylic acids is 2. The van der Waals surface area contributed by atoms with E-state index in [4.69, 9.17) is 0 Å². The van der Waals surface area contributed by atoms with Gasteiger partial charge in [0.25, 0.3) is 0 Å². The molecule has 0 aromatic heterocycles. The summed E-state index contributed by atoms with van der Waals surface area (Å²) >= 11 is 0. The molecule has 1 aliphatic carbocycles. The normalized spacial score (nSPS) is 28.6. The molecule has 0 aromatic carbocycles. The summed E-state index contributed by atoms with van der Waals surface area (Å²) in [6.45, 7) is 10.5. The Morgan fingerprint density at radius 3 is 2.38 bits per heavy atom. The third-order valence-corrected chi connectivity index (χ3v) is 6.31. The van der Waals surface area contributed by atoms with Gasteiger partial charge >= 0.3 is 0 Å². The summed E-state index contributed by atoms with van der Waals surface area (Å²) in [5.41, 5.74) is -0.671. The molecule has 1 fully saturated rings. The lowest BCUT2D eigenvalue weighted by molar-refractivity contribution is -0.137. The fourth-order valence-electron chi connectivity index (χ4n) is 2.94. The minimum Gasteiger partial charge on any atom is -0.302 e. The van der Waals surface area contributed by atoms with Crippen LogP contribution < -0.4 is 0 Å². The second kappa shape index (κ2) is 4.66. The number of hydrogen-bond donors (Lipinski definition) is 0. The summed E-state index contributed by atoms with van der Waals surface area (Å²) in [6, 6.07) is 0. The molecular weight excluding hydrogens is 216 g/mol. The van der Waals surface area contributed by atoms with Gasteiger partial charge in [0.2, 0.25) is 0 Å². The third-order valence-electron chi connectivity index (χ3n) is 3.70. The molecule has 90 valence electrons. The zero-order valence-electron chi connectivity index (χ0n) is 10.6. The molecule has 0 unspecified atom stereocenters. The lowest BCUT2D eigenvalue weighted by atomic mass is 9.71. The van der Waals surface area contributed by atoms with Crippen molar-refractivity contribution in [3.63, 3.8) is 0 Å². The van der Waals surface area contributed by atoms with E-state index in [1.54, 1.807) is 0 Å². The molecule has 0 heterocycles. The van der Waals surface area contributed by atoms with Crippen molar-refractivity contribution in [1.82, 2.24) is 0 Å². The Morgan fingerprint density at radius 1 is 1.38 bits per heavy atom. The van der Waals surface area contributed by atoms with E-state index in [0.717, 1.165) is 25.5 Å². The first-order valence-corrected chi connectivity index (χ1v) is 9.58. The van der Waals surface area contributed by atoms with Crippen molar-refractivity contribution >= 4 is 20.1 Å². The van der Waals surface area contributed by atoms with Crippen LogP contribution in [0.4, 0.5) is 0 Å². The summed E-state index contributed by atoms with van der Waals surface area (Å²) in [7, 11) is -1.58. The Balaban J connectivity index is 3.15.